The Bertz CT molecular complexity index is 3410. The van der Waals surface area contributed by atoms with Crippen LogP contribution in [0.25, 0.3) is 0 Å². The van der Waals surface area contributed by atoms with Gasteiger partial charge in [0.15, 0.2) is 11.5 Å². The van der Waals surface area contributed by atoms with Crippen LogP contribution >= 0.6 is 23.2 Å². The van der Waals surface area contributed by atoms with Gasteiger partial charge >= 0.3 is 0 Å². The Balaban J connectivity index is 0.987. The number of fused-ring (bicyclic) bond motifs is 15. The molecule has 8 amide bonds. The van der Waals surface area contributed by atoms with Gasteiger partial charge in [0.25, 0.3) is 0 Å². The highest BCUT2D eigenvalue weighted by molar-refractivity contribution is 6.21. The van der Waals surface area contributed by atoms with Crippen molar-refractivity contribution in [1.82, 2.24) is 47.9 Å². The van der Waals surface area contributed by atoms with E-state index in [1.807, 2.05) is 13.8 Å². The van der Waals surface area contributed by atoms with Crippen LogP contribution in [0.3, 0.4) is 0 Å². The summed E-state index contributed by atoms with van der Waals surface area (Å²) in [5, 5.41) is 132. The third kappa shape index (κ3) is 19.1. The fourth-order valence-electron chi connectivity index (χ4n) is 20.9. The molecular formula is C78H120Cl2N10O21. The van der Waals surface area contributed by atoms with Crippen LogP contribution in [-0.4, -0.2) is 246 Å². The number of halogens is 2. The number of unbranched alkanes of at least 4 members (excludes halogenated alkanes) is 5. The molecule has 1 aromatic rings. The Labute approximate surface area is 657 Å². The zero-order chi connectivity index (χ0) is 79.5. The van der Waals surface area contributed by atoms with Gasteiger partial charge in [-0.25, -0.2) is 0 Å². The SMILES string of the molecule is CCCCCCCCNCC1C(O)CC2C(C3C[C@H](CC[C@H]3O)[C@H]3NC(=O)[C@@H]4NC(=O)[C@H](CC(N)=O)NC(=O)[C@H](NC(=O)[C@@H](CC(C)C)NC)[C@H](O)[C@H]5CC[C@@H](Oc6cc4cc(c6O[C@@H]4O[C@H](CO)[C@@H](O)[C@H](O)[C@H]4O)O[C@@H]4CC[C@@H](CC4Cl)[C@@H](O)[C@H](NC3=O)C(=O)N[C@@H]2C(=O)NC2C3CC4CC(C3)CC2C4)[C@H](Cl)C5)[C@H]1O. The van der Waals surface area contributed by atoms with Crippen molar-refractivity contribution in [2.45, 2.75) is 301 Å². The summed E-state index contributed by atoms with van der Waals surface area (Å²) in [7, 11) is 1.54. The Hall–Kier alpha value is -5.52. The van der Waals surface area contributed by atoms with Crippen LogP contribution < -0.4 is 67.8 Å². The number of alkyl halides is 2. The lowest BCUT2D eigenvalue weighted by Gasteiger charge is -2.55. The van der Waals surface area contributed by atoms with Crippen molar-refractivity contribution in [3.05, 3.63) is 17.7 Å². The molecule has 6 heterocycles. The average molecular weight is 1600 g/mol. The third-order valence-electron chi connectivity index (χ3n) is 26.7. The number of amides is 8. The van der Waals surface area contributed by atoms with E-state index < -0.39 is 234 Å². The molecule has 15 bridgehead atoms. The van der Waals surface area contributed by atoms with Crippen LogP contribution in [0.4, 0.5) is 0 Å². The number of ether oxygens (including phenoxy) is 4. The Morgan fingerprint density at radius 1 is 0.613 bits per heavy atom. The van der Waals surface area contributed by atoms with Crippen LogP contribution in [0.2, 0.25) is 0 Å². The number of hydrogen-bond acceptors (Lipinski definition) is 23. The van der Waals surface area contributed by atoms with E-state index in [0.717, 1.165) is 70.6 Å². The number of hydrogen-bond donors (Lipinski definition) is 19. The third-order valence-corrected chi connectivity index (χ3v) is 27.6. The van der Waals surface area contributed by atoms with Gasteiger partial charge in [-0.2, -0.15) is 0 Å². The van der Waals surface area contributed by atoms with Crippen LogP contribution in [-0.2, 0) is 43.1 Å². The summed E-state index contributed by atoms with van der Waals surface area (Å²) in [6, 6.07) is -9.83. The molecule has 20 N–H and O–H groups in total. The van der Waals surface area contributed by atoms with Gasteiger partial charge in [-0.15, -0.1) is 23.2 Å². The van der Waals surface area contributed by atoms with Crippen molar-refractivity contribution in [2.75, 3.05) is 26.7 Å². The molecule has 622 valence electrons. The highest BCUT2D eigenvalue weighted by Gasteiger charge is 2.58. The maximum absolute atomic E-state index is 16.4. The molecule has 6 unspecified atom stereocenters. The molecule has 28 atom stereocenters. The number of aliphatic hydroxyl groups is 9. The molecule has 31 nitrogen and oxygen atoms in total. The molecule has 1 aromatic carbocycles. The van der Waals surface area contributed by atoms with E-state index in [4.69, 9.17) is 47.9 Å². The van der Waals surface area contributed by atoms with Crippen LogP contribution in [0.15, 0.2) is 12.1 Å². The minimum Gasteiger partial charge on any atom is -0.485 e. The minimum atomic E-state index is -2.12. The summed E-state index contributed by atoms with van der Waals surface area (Å²) < 4.78 is 26.3. The number of benzene rings is 1. The van der Waals surface area contributed by atoms with Crippen molar-refractivity contribution in [1.29, 1.82) is 0 Å². The van der Waals surface area contributed by atoms with Gasteiger partial charge in [-0.1, -0.05) is 52.9 Å². The lowest BCUT2D eigenvalue weighted by atomic mass is 9.54. The highest BCUT2D eigenvalue weighted by atomic mass is 35.5. The van der Waals surface area contributed by atoms with Gasteiger partial charge in [-0.3, -0.25) is 38.4 Å². The average Bonchev–Trinajstić information content (AvgIpc) is 0.754. The number of nitrogens with two attached hydrogens (primary N) is 1. The van der Waals surface area contributed by atoms with Gasteiger partial charge in [-0.05, 0) is 206 Å². The summed E-state index contributed by atoms with van der Waals surface area (Å²) in [4.78, 5) is 122. The van der Waals surface area contributed by atoms with Gasteiger partial charge in [0, 0.05) is 18.5 Å². The number of likely N-dealkylation sites (N-methyl/N-ethyl adjacent to an activating group) is 1. The molecule has 111 heavy (non-hydrogen) atoms. The number of primary amides is 1. The molecule has 8 saturated carbocycles. The van der Waals surface area contributed by atoms with Crippen LogP contribution in [0.1, 0.15) is 180 Å². The Morgan fingerprint density at radius 3 is 1.84 bits per heavy atom. The van der Waals surface area contributed by atoms with Gasteiger partial charge in [0.2, 0.25) is 59.3 Å². The highest BCUT2D eigenvalue weighted by Crippen LogP contribution is 2.55. The van der Waals surface area contributed by atoms with E-state index in [0.29, 0.717) is 18.4 Å². The topological polar surface area (TPSA) is 490 Å². The number of nitrogens with one attached hydrogen (secondary N) is 9. The molecular weight excluding hydrogens is 1480 g/mol. The number of rotatable bonds is 21. The molecule has 0 spiro atoms. The maximum atomic E-state index is 16.4. The van der Waals surface area contributed by atoms with Crippen molar-refractivity contribution < 1.29 is 103 Å². The largest absolute Gasteiger partial charge is 0.485 e. The van der Waals surface area contributed by atoms with Crippen molar-refractivity contribution in [3.8, 4) is 17.2 Å². The minimum absolute atomic E-state index is 0.00434. The van der Waals surface area contributed by atoms with Crippen molar-refractivity contribution >= 4 is 70.5 Å². The first-order chi connectivity index (χ1) is 53.0. The molecule has 8 aliphatic carbocycles. The van der Waals surface area contributed by atoms with Gasteiger partial charge < -0.3 is 118 Å². The Morgan fingerprint density at radius 2 is 1.23 bits per heavy atom. The molecule has 6 aliphatic heterocycles. The normalized spacial score (nSPS) is 41.4. The molecule has 15 rings (SSSR count). The van der Waals surface area contributed by atoms with Crippen LogP contribution in [0.5, 0.6) is 17.2 Å². The van der Waals surface area contributed by atoms with E-state index in [1.165, 1.54) is 12.1 Å². The lowest BCUT2D eigenvalue weighted by molar-refractivity contribution is -0.278. The van der Waals surface area contributed by atoms with Crippen molar-refractivity contribution in [2.24, 2.45) is 76.7 Å². The van der Waals surface area contributed by atoms with E-state index >= 15 is 28.8 Å². The van der Waals surface area contributed by atoms with Crippen molar-refractivity contribution in [3.63, 3.8) is 0 Å². The van der Waals surface area contributed by atoms with E-state index in [2.05, 4.69) is 54.8 Å². The molecule has 0 radical (unpaired) electrons. The smallest absolute Gasteiger partial charge is 0.247 e. The fourth-order valence-corrected chi connectivity index (χ4v) is 21.8. The summed E-state index contributed by atoms with van der Waals surface area (Å²) >= 11 is 14.8. The molecule has 0 aromatic heterocycles. The second kappa shape index (κ2) is 37.2. The number of carbonyl (C=O) groups excluding carboxylic acids is 8. The lowest BCUT2D eigenvalue weighted by Crippen LogP contribution is -2.68. The molecule has 33 heteroatoms. The number of carbonyl (C=O) groups is 8. The molecule has 10 fully saturated rings. The first-order valence-electron chi connectivity index (χ1n) is 41.0. The number of aliphatic hydroxyl groups excluding tert-OH is 9. The summed E-state index contributed by atoms with van der Waals surface area (Å²) in [6.07, 6.45) is -9.17. The zero-order valence-corrected chi connectivity index (χ0v) is 65.4. The maximum Gasteiger partial charge on any atom is 0.247 e. The summed E-state index contributed by atoms with van der Waals surface area (Å²) in [5.74, 6) is -14.7. The monoisotopic (exact) mass is 1600 g/mol. The Kier molecular flexibility index (Phi) is 28.4. The van der Waals surface area contributed by atoms with E-state index in [9.17, 15) is 55.5 Å². The van der Waals surface area contributed by atoms with Crippen LogP contribution in [0, 0.1) is 71.0 Å². The first-order valence-corrected chi connectivity index (χ1v) is 41.9. The standard InChI is InChI=1S/C78H120Cl2N10O21/c1-5-6-7-8-9-10-17-83-31-44-50(93)29-43-57(66(44)97)42-24-36(11-14-49(42)92)59-73(103)90-63(77(107)88-61(43)75(105)85-58-39-20-34-19-35(22-39)23-40(58)21-34)65(96)38-13-16-52(46(80)26-38)109-54-28-41-27-53(70(54)111-78-69(100)68(99)67(98)55(32-91)110-78)108-51-15-12-37(25-45(51)79)64(95)62(89-71(101)47(82-4)18-33(2)3)76(106)84-48(30-56(81)94)72(102)86-60(41)74(104)87-59/h27-28,33-40,42-52,55,57-69,78,82-83,91-93,95-100H,5-26,29-32H2,1-4H3,(H2,81,94)(H,84,106)(H,85,105)(H,86,102)(H,87,104)(H,88,107)(H,89,101)(H,90,103)/t34?,35?,36-,37-,38-,39?,40?,42?,43?,44?,45+,46?,47+,48-,49+,50?,51+,52+,55+,57?,58?,59+,60+,61-,62+,63-,64+,65+,66-,67+,68-,69+,78-/m0/s1. The quantitative estimate of drug-likeness (QED) is 0.0553. The second-order valence-corrected chi connectivity index (χ2v) is 35.8. The molecule has 2 saturated heterocycles. The fraction of sp³-hybridized carbons (Fsp3) is 0.821. The van der Waals surface area contributed by atoms with Gasteiger partial charge in [0.1, 0.15) is 72.9 Å². The van der Waals surface area contributed by atoms with E-state index in [1.54, 1.807) is 7.05 Å². The summed E-state index contributed by atoms with van der Waals surface area (Å²) in [6.45, 7) is 5.74. The predicted molar refractivity (Wildman–Crippen MR) is 401 cm³/mol. The summed E-state index contributed by atoms with van der Waals surface area (Å²) in [5.41, 5.74) is 5.62. The first kappa shape index (κ1) is 84.9. The molecule has 14 aliphatic rings. The predicted octanol–water partition coefficient (Wildman–Crippen LogP) is -0.329. The zero-order valence-electron chi connectivity index (χ0n) is 63.9. The van der Waals surface area contributed by atoms with Gasteiger partial charge in [0.05, 0.1) is 60.3 Å². The second-order valence-electron chi connectivity index (χ2n) is 34.7. The van der Waals surface area contributed by atoms with E-state index in [-0.39, 0.29) is 118 Å².